The quantitative estimate of drug-likeness (QED) is 0.653. The number of rotatable bonds is 6. The zero-order valence-electron chi connectivity index (χ0n) is 8.97. The molecule has 0 aliphatic carbocycles. The zero-order chi connectivity index (χ0) is 10.3. The van der Waals surface area contributed by atoms with E-state index in [1.165, 1.54) is 0 Å². The predicted octanol–water partition coefficient (Wildman–Crippen LogP) is 1.13. The second-order valence-corrected chi connectivity index (χ2v) is 3.82. The van der Waals surface area contributed by atoms with Crippen LogP contribution in [-0.2, 0) is 4.79 Å². The Morgan fingerprint density at radius 1 is 1.46 bits per heavy atom. The van der Waals surface area contributed by atoms with Gasteiger partial charge in [-0.1, -0.05) is 20.8 Å². The lowest BCUT2D eigenvalue weighted by molar-refractivity contribution is -0.125. The maximum Gasteiger partial charge on any atom is 0.223 e. The van der Waals surface area contributed by atoms with E-state index in [4.69, 9.17) is 5.73 Å². The highest BCUT2D eigenvalue weighted by Crippen LogP contribution is 2.06. The van der Waals surface area contributed by atoms with Crippen LogP contribution in [0, 0.1) is 11.8 Å². The minimum absolute atomic E-state index is 0.101. The van der Waals surface area contributed by atoms with Crippen LogP contribution in [0.5, 0.6) is 0 Å². The van der Waals surface area contributed by atoms with Crippen molar-refractivity contribution in [3.05, 3.63) is 0 Å². The van der Waals surface area contributed by atoms with Crippen molar-refractivity contribution in [3.8, 4) is 0 Å². The maximum atomic E-state index is 11.5. The molecule has 0 rings (SSSR count). The zero-order valence-corrected chi connectivity index (χ0v) is 8.97. The number of hydrogen-bond acceptors (Lipinski definition) is 2. The molecule has 0 saturated heterocycles. The van der Waals surface area contributed by atoms with Gasteiger partial charge in [0.1, 0.15) is 0 Å². The molecule has 0 radical (unpaired) electrons. The highest BCUT2D eigenvalue weighted by atomic mass is 16.1. The van der Waals surface area contributed by atoms with Crippen LogP contribution in [0.15, 0.2) is 0 Å². The van der Waals surface area contributed by atoms with Crippen LogP contribution in [0.1, 0.15) is 33.6 Å². The fraction of sp³-hybridized carbons (Fsp3) is 0.900. The highest BCUT2D eigenvalue weighted by molar-refractivity contribution is 5.78. The van der Waals surface area contributed by atoms with E-state index >= 15 is 0 Å². The third-order valence-corrected chi connectivity index (χ3v) is 2.06. The molecule has 0 bridgehead atoms. The lowest BCUT2D eigenvalue weighted by atomic mass is 10.0. The van der Waals surface area contributed by atoms with Gasteiger partial charge < -0.3 is 11.1 Å². The van der Waals surface area contributed by atoms with Crippen molar-refractivity contribution < 1.29 is 4.79 Å². The molecule has 0 spiro atoms. The van der Waals surface area contributed by atoms with Gasteiger partial charge in [-0.2, -0.15) is 0 Å². The summed E-state index contributed by atoms with van der Waals surface area (Å²) in [4.78, 5) is 11.5. The molecule has 3 N–H and O–H groups in total. The molecule has 1 unspecified atom stereocenters. The third kappa shape index (κ3) is 5.64. The number of amides is 1. The number of carbonyl (C=O) groups is 1. The second-order valence-electron chi connectivity index (χ2n) is 3.82. The highest BCUT2D eigenvalue weighted by Gasteiger charge is 2.14. The van der Waals surface area contributed by atoms with Crippen molar-refractivity contribution >= 4 is 5.91 Å². The summed E-state index contributed by atoms with van der Waals surface area (Å²) in [6.07, 6.45) is 1.67. The summed E-state index contributed by atoms with van der Waals surface area (Å²) in [6, 6.07) is 0. The summed E-state index contributed by atoms with van der Waals surface area (Å²) in [5.74, 6) is 0.768. The lowest BCUT2D eigenvalue weighted by Crippen LogP contribution is -2.34. The summed E-state index contributed by atoms with van der Waals surface area (Å²) < 4.78 is 0. The van der Waals surface area contributed by atoms with E-state index in [-0.39, 0.29) is 11.8 Å². The van der Waals surface area contributed by atoms with Gasteiger partial charge in [-0.25, -0.2) is 0 Å². The smallest absolute Gasteiger partial charge is 0.223 e. The van der Waals surface area contributed by atoms with E-state index in [0.717, 1.165) is 19.4 Å². The van der Waals surface area contributed by atoms with Crippen LogP contribution in [0.3, 0.4) is 0 Å². The van der Waals surface area contributed by atoms with E-state index in [2.05, 4.69) is 19.2 Å². The third-order valence-electron chi connectivity index (χ3n) is 2.06. The number of nitrogens with one attached hydrogen (secondary N) is 1. The normalized spacial score (nSPS) is 13.0. The molecule has 3 heteroatoms. The molecule has 0 aromatic heterocycles. The van der Waals surface area contributed by atoms with Crippen molar-refractivity contribution in [2.75, 3.05) is 13.1 Å². The molecule has 3 nitrogen and oxygen atoms in total. The average Bonchev–Trinajstić information content (AvgIpc) is 2.10. The van der Waals surface area contributed by atoms with E-state index in [1.54, 1.807) is 0 Å². The van der Waals surface area contributed by atoms with E-state index in [9.17, 15) is 4.79 Å². The van der Waals surface area contributed by atoms with Gasteiger partial charge in [0.25, 0.3) is 0 Å². The van der Waals surface area contributed by atoms with Gasteiger partial charge in [-0.3, -0.25) is 4.79 Å². The molecule has 0 aliphatic rings. The molecule has 0 aromatic rings. The minimum Gasteiger partial charge on any atom is -0.356 e. The van der Waals surface area contributed by atoms with Gasteiger partial charge in [-0.15, -0.1) is 0 Å². The molecule has 0 fully saturated rings. The molecule has 1 atom stereocenters. The van der Waals surface area contributed by atoms with Crippen LogP contribution < -0.4 is 11.1 Å². The Kier molecular flexibility index (Phi) is 6.59. The fourth-order valence-corrected chi connectivity index (χ4v) is 1.17. The van der Waals surface area contributed by atoms with Crippen molar-refractivity contribution in [2.24, 2.45) is 17.6 Å². The summed E-state index contributed by atoms with van der Waals surface area (Å²) in [5.41, 5.74) is 5.42. The molecular weight excluding hydrogens is 164 g/mol. The SMILES string of the molecule is CCC(CCN)C(=O)NCC(C)C. The van der Waals surface area contributed by atoms with Gasteiger partial charge in [0, 0.05) is 12.5 Å². The first kappa shape index (κ1) is 12.4. The summed E-state index contributed by atoms with van der Waals surface area (Å²) in [5, 5.41) is 2.92. The van der Waals surface area contributed by atoms with Crippen molar-refractivity contribution in [3.63, 3.8) is 0 Å². The van der Waals surface area contributed by atoms with E-state index in [0.29, 0.717) is 12.5 Å². The molecule has 0 aliphatic heterocycles. The molecule has 1 amide bonds. The standard InChI is InChI=1S/C10H22N2O/c1-4-9(5-6-11)10(13)12-7-8(2)3/h8-9H,4-7,11H2,1-3H3,(H,12,13). The first-order valence-corrected chi connectivity index (χ1v) is 5.09. The van der Waals surface area contributed by atoms with Gasteiger partial charge in [0.05, 0.1) is 0 Å². The minimum atomic E-state index is 0.101. The molecule has 0 aromatic carbocycles. The first-order chi connectivity index (χ1) is 6.11. The monoisotopic (exact) mass is 186 g/mol. The average molecular weight is 186 g/mol. The van der Waals surface area contributed by atoms with Gasteiger partial charge in [0.2, 0.25) is 5.91 Å². The number of hydrogen-bond donors (Lipinski definition) is 2. The lowest BCUT2D eigenvalue weighted by Gasteiger charge is -2.14. The summed E-state index contributed by atoms with van der Waals surface area (Å²) >= 11 is 0. The number of carbonyl (C=O) groups excluding carboxylic acids is 1. The van der Waals surface area contributed by atoms with Gasteiger partial charge in [0.15, 0.2) is 0 Å². The molecule has 78 valence electrons. The molecular formula is C10H22N2O. The van der Waals surface area contributed by atoms with Crippen molar-refractivity contribution in [1.29, 1.82) is 0 Å². The Hall–Kier alpha value is -0.570. The maximum absolute atomic E-state index is 11.5. The predicted molar refractivity (Wildman–Crippen MR) is 55.3 cm³/mol. The second kappa shape index (κ2) is 6.89. The number of nitrogens with two attached hydrogens (primary N) is 1. The van der Waals surface area contributed by atoms with Crippen LogP contribution in [0.2, 0.25) is 0 Å². The van der Waals surface area contributed by atoms with Crippen LogP contribution >= 0.6 is 0 Å². The van der Waals surface area contributed by atoms with Crippen molar-refractivity contribution in [1.82, 2.24) is 5.32 Å². The Bertz CT molecular complexity index is 146. The fourth-order valence-electron chi connectivity index (χ4n) is 1.17. The Morgan fingerprint density at radius 3 is 2.46 bits per heavy atom. The van der Waals surface area contributed by atoms with E-state index < -0.39 is 0 Å². The summed E-state index contributed by atoms with van der Waals surface area (Å²) in [6.45, 7) is 7.55. The van der Waals surface area contributed by atoms with E-state index in [1.807, 2.05) is 6.92 Å². The van der Waals surface area contributed by atoms with Crippen LogP contribution in [-0.4, -0.2) is 19.0 Å². The first-order valence-electron chi connectivity index (χ1n) is 5.09. The molecule has 13 heavy (non-hydrogen) atoms. The summed E-state index contributed by atoms with van der Waals surface area (Å²) in [7, 11) is 0. The van der Waals surface area contributed by atoms with Crippen LogP contribution in [0.4, 0.5) is 0 Å². The van der Waals surface area contributed by atoms with Crippen molar-refractivity contribution in [2.45, 2.75) is 33.6 Å². The van der Waals surface area contributed by atoms with Gasteiger partial charge in [-0.05, 0) is 25.3 Å². The Morgan fingerprint density at radius 2 is 2.08 bits per heavy atom. The largest absolute Gasteiger partial charge is 0.356 e. The molecule has 0 heterocycles. The van der Waals surface area contributed by atoms with Crippen LogP contribution in [0.25, 0.3) is 0 Å². The van der Waals surface area contributed by atoms with Gasteiger partial charge >= 0.3 is 0 Å². The Labute approximate surface area is 81.1 Å². The topological polar surface area (TPSA) is 55.1 Å². The molecule has 0 saturated carbocycles. The Balaban J connectivity index is 3.77.